The van der Waals surface area contributed by atoms with Crippen molar-refractivity contribution in [2.75, 3.05) is 13.2 Å². The highest BCUT2D eigenvalue weighted by molar-refractivity contribution is 6.11. The Bertz CT molecular complexity index is 566. The zero-order valence-corrected chi connectivity index (χ0v) is 10.8. The Morgan fingerprint density at radius 3 is 3.21 bits per heavy atom. The zero-order chi connectivity index (χ0) is 13.3. The van der Waals surface area contributed by atoms with E-state index in [-0.39, 0.29) is 12.6 Å². The Labute approximate surface area is 111 Å². The average Bonchev–Trinajstić information content (AvgIpc) is 2.82. The fourth-order valence-corrected chi connectivity index (χ4v) is 2.47. The lowest BCUT2D eigenvalue weighted by molar-refractivity contribution is -0.139. The first-order chi connectivity index (χ1) is 9.28. The second-order valence-corrected chi connectivity index (χ2v) is 4.60. The molecule has 0 amide bonds. The molecule has 0 aromatic rings. The van der Waals surface area contributed by atoms with E-state index < -0.39 is 5.60 Å². The number of rotatable bonds is 3. The summed E-state index contributed by atoms with van der Waals surface area (Å²) in [6, 6.07) is 0. The van der Waals surface area contributed by atoms with Crippen LogP contribution in [0.15, 0.2) is 52.7 Å². The Hall–Kier alpha value is -1.94. The molecule has 0 fully saturated rings. The van der Waals surface area contributed by atoms with Gasteiger partial charge in [0.2, 0.25) is 0 Å². The van der Waals surface area contributed by atoms with Crippen LogP contribution in [-0.4, -0.2) is 30.5 Å². The number of hydrogen-bond acceptors (Lipinski definition) is 4. The summed E-state index contributed by atoms with van der Waals surface area (Å²) in [5.41, 5.74) is 1.56. The van der Waals surface area contributed by atoms with E-state index in [0.29, 0.717) is 12.2 Å². The first-order valence-corrected chi connectivity index (χ1v) is 6.43. The van der Waals surface area contributed by atoms with Crippen LogP contribution >= 0.6 is 0 Å². The van der Waals surface area contributed by atoms with Crippen molar-refractivity contribution < 1.29 is 14.3 Å². The van der Waals surface area contributed by atoms with Gasteiger partial charge in [0.25, 0.3) is 0 Å². The van der Waals surface area contributed by atoms with Crippen LogP contribution in [0.3, 0.4) is 0 Å². The topological polar surface area (TPSA) is 47.9 Å². The molecule has 1 unspecified atom stereocenters. The Balaban J connectivity index is 1.98. The van der Waals surface area contributed by atoms with E-state index in [1.165, 1.54) is 0 Å². The number of nitrogens with zero attached hydrogens (tertiary/aromatic N) is 1. The molecule has 3 rings (SSSR count). The lowest BCUT2D eigenvalue weighted by Crippen LogP contribution is -2.39. The second-order valence-electron chi connectivity index (χ2n) is 4.60. The van der Waals surface area contributed by atoms with Gasteiger partial charge in [-0.05, 0) is 24.6 Å². The predicted octanol–water partition coefficient (Wildman–Crippen LogP) is 2.10. The van der Waals surface area contributed by atoms with E-state index in [9.17, 15) is 4.79 Å². The highest BCUT2D eigenvalue weighted by Gasteiger charge is 2.46. The molecule has 98 valence electrons. The number of carbonyl (C=O) groups excluding carboxylic acids is 1. The van der Waals surface area contributed by atoms with Crippen LogP contribution < -0.4 is 0 Å². The van der Waals surface area contributed by atoms with Crippen LogP contribution in [0, 0.1) is 0 Å². The third-order valence-corrected chi connectivity index (χ3v) is 3.38. The van der Waals surface area contributed by atoms with Gasteiger partial charge in [-0.25, -0.2) is 4.79 Å². The van der Waals surface area contributed by atoms with Crippen LogP contribution in [0.25, 0.3) is 0 Å². The monoisotopic (exact) mass is 257 g/mol. The van der Waals surface area contributed by atoms with Crippen LogP contribution in [0.1, 0.15) is 13.3 Å². The van der Waals surface area contributed by atoms with Crippen molar-refractivity contribution in [2.24, 2.45) is 4.99 Å². The van der Waals surface area contributed by atoms with Gasteiger partial charge in [-0.1, -0.05) is 19.1 Å². The summed E-state index contributed by atoms with van der Waals surface area (Å²) in [5, 5.41) is 0. The molecule has 0 radical (unpaired) electrons. The summed E-state index contributed by atoms with van der Waals surface area (Å²) in [6.07, 6.45) is 12.0. The number of aliphatic imine (C=N–C) groups is 1. The zero-order valence-electron chi connectivity index (χ0n) is 10.8. The molecule has 0 saturated carbocycles. The van der Waals surface area contributed by atoms with Gasteiger partial charge in [-0.2, -0.15) is 0 Å². The standard InChI is InChI=1S/C15H15NO3/c1-2-9-18-14(17)11-10-19-15-7-4-3-5-13(15)16-8-6-12(11)15/h3-8H,2,9-10H2,1H3. The van der Waals surface area contributed by atoms with Gasteiger partial charge >= 0.3 is 5.97 Å². The fraction of sp³-hybridized carbons (Fsp3) is 0.333. The summed E-state index contributed by atoms with van der Waals surface area (Å²) in [7, 11) is 0. The molecule has 4 heteroatoms. The molecule has 19 heavy (non-hydrogen) atoms. The molecule has 1 aliphatic carbocycles. The molecule has 2 aliphatic heterocycles. The highest BCUT2D eigenvalue weighted by atomic mass is 16.5. The van der Waals surface area contributed by atoms with E-state index in [2.05, 4.69) is 4.99 Å². The first kappa shape index (κ1) is 12.1. The van der Waals surface area contributed by atoms with Crippen molar-refractivity contribution in [1.29, 1.82) is 0 Å². The lowest BCUT2D eigenvalue weighted by Gasteiger charge is -2.30. The van der Waals surface area contributed by atoms with Gasteiger partial charge in [0.15, 0.2) is 5.60 Å². The fourth-order valence-electron chi connectivity index (χ4n) is 2.47. The number of allylic oxidation sites excluding steroid dienone is 2. The summed E-state index contributed by atoms with van der Waals surface area (Å²) in [6.45, 7) is 2.67. The Morgan fingerprint density at radius 1 is 1.47 bits per heavy atom. The van der Waals surface area contributed by atoms with Crippen LogP contribution in [-0.2, 0) is 14.3 Å². The third kappa shape index (κ3) is 1.79. The first-order valence-electron chi connectivity index (χ1n) is 6.43. The van der Waals surface area contributed by atoms with Gasteiger partial charge in [0.1, 0.15) is 0 Å². The molecular weight excluding hydrogens is 242 g/mol. The molecule has 0 aromatic carbocycles. The van der Waals surface area contributed by atoms with Crippen LogP contribution in [0.2, 0.25) is 0 Å². The van der Waals surface area contributed by atoms with Crippen molar-refractivity contribution in [3.05, 3.63) is 47.7 Å². The smallest absolute Gasteiger partial charge is 0.336 e. The molecule has 4 nitrogen and oxygen atoms in total. The molecule has 2 heterocycles. The average molecular weight is 257 g/mol. The maximum atomic E-state index is 12.1. The maximum Gasteiger partial charge on any atom is 0.336 e. The summed E-state index contributed by atoms with van der Waals surface area (Å²) in [5.74, 6) is -0.289. The molecule has 0 saturated heterocycles. The number of hydrogen-bond donors (Lipinski definition) is 0. The minimum Gasteiger partial charge on any atom is -0.462 e. The van der Waals surface area contributed by atoms with Crippen molar-refractivity contribution in [2.45, 2.75) is 18.9 Å². The Kier molecular flexibility index (Phi) is 2.95. The molecule has 0 aromatic heterocycles. The Morgan fingerprint density at radius 2 is 2.37 bits per heavy atom. The number of esters is 1. The van der Waals surface area contributed by atoms with Crippen molar-refractivity contribution in [3.63, 3.8) is 0 Å². The summed E-state index contributed by atoms with van der Waals surface area (Å²) in [4.78, 5) is 16.4. The molecular formula is C15H15NO3. The van der Waals surface area contributed by atoms with Crippen LogP contribution in [0.4, 0.5) is 0 Å². The molecule has 1 spiro atoms. The molecule has 0 N–H and O–H groups in total. The number of ether oxygens (including phenoxy) is 2. The van der Waals surface area contributed by atoms with Gasteiger partial charge in [0, 0.05) is 11.8 Å². The van der Waals surface area contributed by atoms with E-state index >= 15 is 0 Å². The minimum absolute atomic E-state index is 0.263. The van der Waals surface area contributed by atoms with Gasteiger partial charge in [-0.15, -0.1) is 0 Å². The maximum absolute atomic E-state index is 12.1. The van der Waals surface area contributed by atoms with Crippen molar-refractivity contribution in [1.82, 2.24) is 0 Å². The van der Waals surface area contributed by atoms with Gasteiger partial charge in [-0.3, -0.25) is 4.99 Å². The number of carbonyl (C=O) groups is 1. The second kappa shape index (κ2) is 4.63. The van der Waals surface area contributed by atoms with Gasteiger partial charge in [0.05, 0.1) is 24.5 Å². The van der Waals surface area contributed by atoms with E-state index in [1.807, 2.05) is 37.3 Å². The molecule has 1 atom stereocenters. The van der Waals surface area contributed by atoms with Crippen molar-refractivity contribution in [3.8, 4) is 0 Å². The normalized spacial score (nSPS) is 27.1. The van der Waals surface area contributed by atoms with E-state index in [1.54, 1.807) is 6.20 Å². The van der Waals surface area contributed by atoms with E-state index in [4.69, 9.17) is 9.47 Å². The van der Waals surface area contributed by atoms with Crippen molar-refractivity contribution >= 4 is 11.7 Å². The quantitative estimate of drug-likeness (QED) is 0.727. The minimum atomic E-state index is -0.690. The summed E-state index contributed by atoms with van der Waals surface area (Å²) >= 11 is 0. The predicted molar refractivity (Wildman–Crippen MR) is 71.8 cm³/mol. The largest absolute Gasteiger partial charge is 0.462 e. The SMILES string of the molecule is CCCOC(=O)C1=C2C=CN=C3C=CC=CC32OC1. The summed E-state index contributed by atoms with van der Waals surface area (Å²) < 4.78 is 11.1. The molecule has 3 aliphatic rings. The highest BCUT2D eigenvalue weighted by Crippen LogP contribution is 2.39. The molecule has 0 bridgehead atoms. The lowest BCUT2D eigenvalue weighted by atomic mass is 9.83. The van der Waals surface area contributed by atoms with Gasteiger partial charge < -0.3 is 9.47 Å². The van der Waals surface area contributed by atoms with Crippen LogP contribution in [0.5, 0.6) is 0 Å². The van der Waals surface area contributed by atoms with E-state index in [0.717, 1.165) is 17.7 Å². The third-order valence-electron chi connectivity index (χ3n) is 3.38.